The number of nitrogens with zero attached hydrogens (tertiary/aromatic N) is 3. The van der Waals surface area contributed by atoms with Crippen LogP contribution in [0.4, 0.5) is 4.39 Å². The number of halogens is 1. The molecule has 0 N–H and O–H groups in total. The minimum Gasteiger partial charge on any atom is -0.493 e. The molecule has 2 aromatic heterocycles. The van der Waals surface area contributed by atoms with E-state index < -0.39 is 0 Å². The number of ether oxygens (including phenoxy) is 1. The summed E-state index contributed by atoms with van der Waals surface area (Å²) >= 11 is 3.26. The van der Waals surface area contributed by atoms with Crippen LogP contribution in [0.15, 0.2) is 46.9 Å². The molecule has 3 aromatic rings. The fraction of sp³-hybridized carbons (Fsp3) is 0.250. The average Bonchev–Trinajstić information content (AvgIpc) is 3.22. The van der Waals surface area contributed by atoms with Gasteiger partial charge in [0.1, 0.15) is 11.6 Å². The minimum atomic E-state index is -0.260. The Balaban J connectivity index is 1.57. The zero-order valence-corrected chi connectivity index (χ0v) is 14.2. The monoisotopic (exact) mass is 349 g/mol. The summed E-state index contributed by atoms with van der Waals surface area (Å²) < 4.78 is 20.5. The summed E-state index contributed by atoms with van der Waals surface area (Å²) in [6.07, 6.45) is 0. The first-order valence-corrected chi connectivity index (χ1v) is 9.12. The van der Waals surface area contributed by atoms with Crippen molar-refractivity contribution in [3.05, 3.63) is 47.6 Å². The number of rotatable bonds is 7. The molecule has 0 atom stereocenters. The second-order valence-corrected chi connectivity index (χ2v) is 6.69. The summed E-state index contributed by atoms with van der Waals surface area (Å²) in [4.78, 5) is 1.12. The minimum absolute atomic E-state index is 0.260. The average molecular weight is 349 g/mol. The maximum Gasteiger partial charge on any atom is 0.191 e. The largest absolute Gasteiger partial charge is 0.493 e. The predicted octanol–water partition coefficient (Wildman–Crippen LogP) is 4.34. The van der Waals surface area contributed by atoms with E-state index in [2.05, 4.69) is 21.7 Å². The van der Waals surface area contributed by atoms with Gasteiger partial charge >= 0.3 is 0 Å². The molecule has 0 saturated heterocycles. The highest BCUT2D eigenvalue weighted by molar-refractivity contribution is 7.99. The van der Waals surface area contributed by atoms with E-state index in [4.69, 9.17) is 4.74 Å². The van der Waals surface area contributed by atoms with Gasteiger partial charge in [-0.1, -0.05) is 17.8 Å². The number of hydrogen-bond acceptors (Lipinski definition) is 5. The van der Waals surface area contributed by atoms with Crippen molar-refractivity contribution in [2.75, 3.05) is 12.4 Å². The standard InChI is InChI=1S/C16H16FN3OS2/c1-2-20-15(14-4-3-10-22-14)18-19-16(20)23-11-9-21-13-7-5-12(17)6-8-13/h3-8,10H,2,9,11H2,1H3. The van der Waals surface area contributed by atoms with Gasteiger partial charge in [0.2, 0.25) is 0 Å². The highest BCUT2D eigenvalue weighted by Gasteiger charge is 2.13. The van der Waals surface area contributed by atoms with Crippen molar-refractivity contribution in [2.24, 2.45) is 0 Å². The van der Waals surface area contributed by atoms with Crippen molar-refractivity contribution in [3.8, 4) is 16.5 Å². The Kier molecular flexibility index (Phi) is 5.30. The maximum absolute atomic E-state index is 12.8. The molecule has 0 aliphatic rings. The van der Waals surface area contributed by atoms with Gasteiger partial charge in [0.25, 0.3) is 0 Å². The number of hydrogen-bond donors (Lipinski definition) is 0. The van der Waals surface area contributed by atoms with Crippen LogP contribution in [-0.4, -0.2) is 27.1 Å². The van der Waals surface area contributed by atoms with E-state index in [1.54, 1.807) is 35.2 Å². The van der Waals surface area contributed by atoms with Crippen molar-refractivity contribution >= 4 is 23.1 Å². The molecule has 0 fully saturated rings. The summed E-state index contributed by atoms with van der Waals surface area (Å²) in [6, 6.07) is 10.1. The van der Waals surface area contributed by atoms with Crippen LogP contribution in [-0.2, 0) is 6.54 Å². The maximum atomic E-state index is 12.8. The van der Waals surface area contributed by atoms with Crippen molar-refractivity contribution in [2.45, 2.75) is 18.6 Å². The Morgan fingerprint density at radius 2 is 2.04 bits per heavy atom. The topological polar surface area (TPSA) is 39.9 Å². The highest BCUT2D eigenvalue weighted by Crippen LogP contribution is 2.27. The van der Waals surface area contributed by atoms with E-state index in [9.17, 15) is 4.39 Å². The Morgan fingerprint density at radius 1 is 1.22 bits per heavy atom. The number of thiophene rings is 1. The molecule has 7 heteroatoms. The lowest BCUT2D eigenvalue weighted by molar-refractivity contribution is 0.343. The first-order chi connectivity index (χ1) is 11.3. The SMILES string of the molecule is CCn1c(SCCOc2ccc(F)cc2)nnc1-c1cccs1. The molecule has 3 rings (SSSR count). The van der Waals surface area contributed by atoms with E-state index in [-0.39, 0.29) is 5.82 Å². The smallest absolute Gasteiger partial charge is 0.191 e. The molecular formula is C16H16FN3OS2. The third-order valence-electron chi connectivity index (χ3n) is 3.17. The van der Waals surface area contributed by atoms with Crippen LogP contribution in [0.3, 0.4) is 0 Å². The van der Waals surface area contributed by atoms with Gasteiger partial charge in [0.15, 0.2) is 11.0 Å². The van der Waals surface area contributed by atoms with Crippen LogP contribution >= 0.6 is 23.1 Å². The van der Waals surface area contributed by atoms with Gasteiger partial charge in [0, 0.05) is 12.3 Å². The zero-order chi connectivity index (χ0) is 16.1. The third kappa shape index (κ3) is 3.92. The molecule has 0 unspecified atom stereocenters. The van der Waals surface area contributed by atoms with E-state index in [1.807, 2.05) is 17.5 Å². The lowest BCUT2D eigenvalue weighted by Gasteiger charge is -2.07. The summed E-state index contributed by atoms with van der Waals surface area (Å²) in [5.41, 5.74) is 0. The first-order valence-electron chi connectivity index (χ1n) is 7.26. The van der Waals surface area contributed by atoms with Crippen molar-refractivity contribution in [1.29, 1.82) is 0 Å². The molecular weight excluding hydrogens is 333 g/mol. The lowest BCUT2D eigenvalue weighted by atomic mass is 10.3. The highest BCUT2D eigenvalue weighted by atomic mass is 32.2. The van der Waals surface area contributed by atoms with Crippen LogP contribution in [0.5, 0.6) is 5.75 Å². The summed E-state index contributed by atoms with van der Waals surface area (Å²) in [6.45, 7) is 3.43. The fourth-order valence-corrected chi connectivity index (χ4v) is 3.63. The fourth-order valence-electron chi connectivity index (χ4n) is 2.09. The summed E-state index contributed by atoms with van der Waals surface area (Å²) in [5, 5.41) is 11.5. The third-order valence-corrected chi connectivity index (χ3v) is 4.97. The molecule has 0 aliphatic heterocycles. The Morgan fingerprint density at radius 3 is 2.74 bits per heavy atom. The number of benzene rings is 1. The number of aromatic nitrogens is 3. The molecule has 1 aromatic carbocycles. The van der Waals surface area contributed by atoms with Crippen molar-refractivity contribution in [1.82, 2.24) is 14.8 Å². The molecule has 2 heterocycles. The van der Waals surface area contributed by atoms with Gasteiger partial charge in [0.05, 0.1) is 11.5 Å². The molecule has 120 valence electrons. The van der Waals surface area contributed by atoms with Gasteiger partial charge in [-0.2, -0.15) is 0 Å². The second-order valence-electron chi connectivity index (χ2n) is 4.68. The molecule has 0 spiro atoms. The van der Waals surface area contributed by atoms with Gasteiger partial charge in [-0.3, -0.25) is 0 Å². The normalized spacial score (nSPS) is 10.9. The van der Waals surface area contributed by atoms with Gasteiger partial charge in [-0.15, -0.1) is 21.5 Å². The van der Waals surface area contributed by atoms with E-state index in [0.717, 1.165) is 28.2 Å². The molecule has 4 nitrogen and oxygen atoms in total. The van der Waals surface area contributed by atoms with Gasteiger partial charge < -0.3 is 9.30 Å². The Labute approximate surface area is 142 Å². The van der Waals surface area contributed by atoms with Crippen LogP contribution in [0.2, 0.25) is 0 Å². The lowest BCUT2D eigenvalue weighted by Crippen LogP contribution is -2.03. The number of thioether (sulfide) groups is 1. The van der Waals surface area contributed by atoms with Crippen LogP contribution in [0, 0.1) is 5.82 Å². The zero-order valence-electron chi connectivity index (χ0n) is 12.6. The van der Waals surface area contributed by atoms with E-state index in [1.165, 1.54) is 12.1 Å². The predicted molar refractivity (Wildman–Crippen MR) is 91.6 cm³/mol. The van der Waals surface area contributed by atoms with Crippen molar-refractivity contribution in [3.63, 3.8) is 0 Å². The molecule has 0 saturated carbocycles. The Bertz CT molecular complexity index is 741. The van der Waals surface area contributed by atoms with Gasteiger partial charge in [-0.25, -0.2) is 4.39 Å². The molecule has 0 radical (unpaired) electrons. The van der Waals surface area contributed by atoms with Crippen LogP contribution < -0.4 is 4.74 Å². The Hall–Kier alpha value is -1.86. The van der Waals surface area contributed by atoms with Crippen LogP contribution in [0.1, 0.15) is 6.92 Å². The molecule has 0 amide bonds. The van der Waals surface area contributed by atoms with Crippen molar-refractivity contribution < 1.29 is 9.13 Å². The molecule has 23 heavy (non-hydrogen) atoms. The molecule has 0 bridgehead atoms. The van der Waals surface area contributed by atoms with Crippen LogP contribution in [0.25, 0.3) is 10.7 Å². The van der Waals surface area contributed by atoms with E-state index >= 15 is 0 Å². The summed E-state index contributed by atoms with van der Waals surface area (Å²) in [5.74, 6) is 2.07. The van der Waals surface area contributed by atoms with E-state index in [0.29, 0.717) is 12.4 Å². The second kappa shape index (κ2) is 7.61. The first kappa shape index (κ1) is 16.0. The molecule has 0 aliphatic carbocycles. The van der Waals surface area contributed by atoms with Gasteiger partial charge in [-0.05, 0) is 42.6 Å². The summed E-state index contributed by atoms with van der Waals surface area (Å²) in [7, 11) is 0. The quantitative estimate of drug-likeness (QED) is 0.470.